The Morgan fingerprint density at radius 1 is 1.21 bits per heavy atom. The first kappa shape index (κ1) is 30.4. The molecule has 0 aliphatic rings. The highest BCUT2D eigenvalue weighted by Gasteiger charge is 2.30. The third-order valence-corrected chi connectivity index (χ3v) is 7.09. The van der Waals surface area contributed by atoms with Crippen LogP contribution >= 0.6 is 11.6 Å². The molecule has 3 N–H and O–H groups in total. The molecule has 0 aliphatic carbocycles. The lowest BCUT2D eigenvalue weighted by Crippen LogP contribution is -2.48. The van der Waals surface area contributed by atoms with Crippen molar-refractivity contribution in [3.63, 3.8) is 0 Å². The van der Waals surface area contributed by atoms with Crippen LogP contribution in [0.5, 0.6) is 5.75 Å². The summed E-state index contributed by atoms with van der Waals surface area (Å²) in [5.41, 5.74) is 1.23. The number of hydrogen-bond donors (Lipinski definition) is 3. The summed E-state index contributed by atoms with van der Waals surface area (Å²) in [4.78, 5) is 26.2. The second kappa shape index (κ2) is 12.5. The number of nitrogens with one attached hydrogen (secondary N) is 2. The van der Waals surface area contributed by atoms with Gasteiger partial charge in [0.2, 0.25) is 0 Å². The first-order valence-electron chi connectivity index (χ1n) is 13.4. The molecule has 0 spiro atoms. The molecule has 4 heterocycles. The lowest BCUT2D eigenvalue weighted by atomic mass is 9.87. The largest absolute Gasteiger partial charge is 0.489 e. The summed E-state index contributed by atoms with van der Waals surface area (Å²) in [5, 5.41) is 30.5. The van der Waals surface area contributed by atoms with E-state index in [2.05, 4.69) is 43.3 Å². The van der Waals surface area contributed by atoms with Gasteiger partial charge >= 0.3 is 0 Å². The molecule has 0 saturated heterocycles. The molecule has 0 unspecified atom stereocenters. The van der Waals surface area contributed by atoms with E-state index < -0.39 is 11.1 Å². The number of carbonyl (C=O) groups is 1. The number of aromatic nitrogens is 5. The number of rotatable bonds is 12. The highest BCUT2D eigenvalue weighted by molar-refractivity contribution is 6.33. The van der Waals surface area contributed by atoms with Crippen LogP contribution in [0.1, 0.15) is 63.0 Å². The van der Waals surface area contributed by atoms with Crippen molar-refractivity contribution in [1.29, 1.82) is 5.26 Å². The molecule has 0 saturated carbocycles. The third-order valence-electron chi connectivity index (χ3n) is 6.79. The van der Waals surface area contributed by atoms with Gasteiger partial charge in [0, 0.05) is 29.4 Å². The zero-order valence-corrected chi connectivity index (χ0v) is 24.7. The van der Waals surface area contributed by atoms with Gasteiger partial charge < -0.3 is 20.5 Å². The van der Waals surface area contributed by atoms with Gasteiger partial charge in [0.1, 0.15) is 29.9 Å². The monoisotopic (exact) mass is 588 g/mol. The van der Waals surface area contributed by atoms with Crippen LogP contribution in [0.15, 0.2) is 61.5 Å². The first-order valence-corrected chi connectivity index (χ1v) is 13.8. The van der Waals surface area contributed by atoms with Crippen LogP contribution in [0.25, 0.3) is 16.8 Å². The molecule has 11 nitrogen and oxygen atoms in total. The minimum absolute atomic E-state index is 0.0628. The SMILES string of the molecule is C=C(CC(CC)(CC)NC(=O)c1ncccc1Cl)Nc1cnc(-c2cc(OCC(C)(C)O)cn3ncc(C#N)c23)cn1. The predicted octanol–water partition coefficient (Wildman–Crippen LogP) is 5.17. The van der Waals surface area contributed by atoms with Crippen molar-refractivity contribution < 1.29 is 14.6 Å². The number of anilines is 1. The van der Waals surface area contributed by atoms with Gasteiger partial charge in [-0.25, -0.2) is 14.5 Å². The Morgan fingerprint density at radius 3 is 2.60 bits per heavy atom. The molecule has 218 valence electrons. The van der Waals surface area contributed by atoms with Crippen LogP contribution in [0, 0.1) is 11.3 Å². The van der Waals surface area contributed by atoms with Crippen molar-refractivity contribution in [2.75, 3.05) is 11.9 Å². The third kappa shape index (κ3) is 7.02. The molecule has 12 heteroatoms. The maximum Gasteiger partial charge on any atom is 0.271 e. The van der Waals surface area contributed by atoms with E-state index in [1.165, 1.54) is 12.4 Å². The summed E-state index contributed by atoms with van der Waals surface area (Å²) in [6, 6.07) is 7.20. The lowest BCUT2D eigenvalue weighted by Gasteiger charge is -2.34. The van der Waals surface area contributed by atoms with E-state index in [0.717, 1.165) is 0 Å². The van der Waals surface area contributed by atoms with Crippen LogP contribution in [0.2, 0.25) is 5.02 Å². The number of pyridine rings is 2. The molecular formula is C30H33ClN8O3. The van der Waals surface area contributed by atoms with Gasteiger partial charge in [0.05, 0.1) is 52.2 Å². The molecular weight excluding hydrogens is 556 g/mol. The number of amides is 1. The van der Waals surface area contributed by atoms with E-state index in [1.807, 2.05) is 13.8 Å². The highest BCUT2D eigenvalue weighted by Crippen LogP contribution is 2.31. The number of carbonyl (C=O) groups excluding carboxylic acids is 1. The fraction of sp³-hybridized carbons (Fsp3) is 0.333. The Bertz CT molecular complexity index is 1630. The number of aliphatic hydroxyl groups is 1. The number of hydrogen-bond acceptors (Lipinski definition) is 9. The molecule has 0 atom stereocenters. The molecule has 4 aromatic heterocycles. The second-order valence-corrected chi connectivity index (χ2v) is 11.0. The fourth-order valence-corrected chi connectivity index (χ4v) is 4.66. The topological polar surface area (TPSA) is 150 Å². The maximum atomic E-state index is 13.0. The van der Waals surface area contributed by atoms with Crippen LogP contribution in [-0.2, 0) is 0 Å². The van der Waals surface area contributed by atoms with E-state index in [0.29, 0.717) is 58.9 Å². The van der Waals surface area contributed by atoms with Crippen LogP contribution < -0.4 is 15.4 Å². The maximum absolute atomic E-state index is 13.0. The smallest absolute Gasteiger partial charge is 0.271 e. The van der Waals surface area contributed by atoms with Crippen LogP contribution in [0.4, 0.5) is 5.82 Å². The molecule has 0 radical (unpaired) electrons. The Kier molecular flexibility index (Phi) is 9.09. The van der Waals surface area contributed by atoms with E-state index in [-0.39, 0.29) is 23.2 Å². The normalized spacial score (nSPS) is 11.6. The summed E-state index contributed by atoms with van der Waals surface area (Å²) in [6.07, 6.45) is 9.53. The van der Waals surface area contributed by atoms with Gasteiger partial charge in [0.25, 0.3) is 5.91 Å². The molecule has 4 aromatic rings. The highest BCUT2D eigenvalue weighted by atomic mass is 35.5. The van der Waals surface area contributed by atoms with Crippen molar-refractivity contribution in [1.82, 2.24) is 29.9 Å². The quantitative estimate of drug-likeness (QED) is 0.204. The predicted molar refractivity (Wildman–Crippen MR) is 160 cm³/mol. The number of halogens is 1. The van der Waals surface area contributed by atoms with E-state index in [1.54, 1.807) is 55.2 Å². The summed E-state index contributed by atoms with van der Waals surface area (Å²) in [5.74, 6) is 0.565. The zero-order chi connectivity index (χ0) is 30.5. The van der Waals surface area contributed by atoms with Gasteiger partial charge in [-0.15, -0.1) is 0 Å². The molecule has 0 aliphatic heterocycles. The van der Waals surface area contributed by atoms with E-state index >= 15 is 0 Å². The van der Waals surface area contributed by atoms with Gasteiger partial charge in [0.15, 0.2) is 0 Å². The molecule has 0 bridgehead atoms. The van der Waals surface area contributed by atoms with Gasteiger partial charge in [-0.3, -0.25) is 9.78 Å². The average molecular weight is 589 g/mol. The summed E-state index contributed by atoms with van der Waals surface area (Å²) >= 11 is 6.18. The number of nitrogens with zero attached hydrogens (tertiary/aromatic N) is 6. The molecule has 0 fully saturated rings. The molecule has 4 rings (SSSR count). The number of nitriles is 1. The van der Waals surface area contributed by atoms with Crippen molar-refractivity contribution in [3.05, 3.63) is 77.7 Å². The minimum Gasteiger partial charge on any atom is -0.489 e. The van der Waals surface area contributed by atoms with Crippen molar-refractivity contribution in [2.45, 2.75) is 58.1 Å². The second-order valence-electron chi connectivity index (χ2n) is 10.6. The molecule has 0 aromatic carbocycles. The van der Waals surface area contributed by atoms with Crippen molar-refractivity contribution in [3.8, 4) is 23.1 Å². The Balaban J connectivity index is 1.53. The van der Waals surface area contributed by atoms with Crippen molar-refractivity contribution in [2.24, 2.45) is 0 Å². The molecule has 1 amide bonds. The number of ether oxygens (including phenoxy) is 1. The first-order chi connectivity index (χ1) is 20.0. The van der Waals surface area contributed by atoms with Crippen LogP contribution in [0.3, 0.4) is 0 Å². The van der Waals surface area contributed by atoms with Gasteiger partial charge in [-0.1, -0.05) is 32.0 Å². The van der Waals surface area contributed by atoms with E-state index in [9.17, 15) is 15.2 Å². The number of fused-ring (bicyclic) bond motifs is 1. The summed E-state index contributed by atoms with van der Waals surface area (Å²) in [6.45, 7) is 11.5. The van der Waals surface area contributed by atoms with Crippen molar-refractivity contribution >= 4 is 28.8 Å². The van der Waals surface area contributed by atoms with Gasteiger partial charge in [-0.2, -0.15) is 10.4 Å². The van der Waals surface area contributed by atoms with Gasteiger partial charge in [-0.05, 0) is 44.9 Å². The fourth-order valence-electron chi connectivity index (χ4n) is 4.45. The minimum atomic E-state index is -1.03. The zero-order valence-electron chi connectivity index (χ0n) is 24.0. The molecule has 42 heavy (non-hydrogen) atoms. The summed E-state index contributed by atoms with van der Waals surface area (Å²) < 4.78 is 7.33. The average Bonchev–Trinajstić information content (AvgIpc) is 3.38. The lowest BCUT2D eigenvalue weighted by molar-refractivity contribution is 0.0283. The van der Waals surface area contributed by atoms with E-state index in [4.69, 9.17) is 16.3 Å². The standard InChI is InChI=1S/C30H33ClN8O3/c1-6-30(7-2,38-28(40)26-23(31)9-8-10-33-26)12-19(3)37-25-16-34-24(15-35-25)22-11-21(42-18-29(4,5)41)17-39-27(22)20(13-32)14-36-39/h8-11,14-17,41H,3,6-7,12,18H2,1-2,4-5H3,(H,35,37)(H,38,40). The van der Waals surface area contributed by atoms with Crippen LogP contribution in [-0.4, -0.2) is 53.3 Å². The Labute approximate surface area is 249 Å². The summed E-state index contributed by atoms with van der Waals surface area (Å²) in [7, 11) is 0. The Hall–Kier alpha value is -4.53. The Morgan fingerprint density at radius 2 is 1.98 bits per heavy atom.